The maximum atomic E-state index is 2.37. The van der Waals surface area contributed by atoms with Crippen LogP contribution in [-0.2, 0) is 12.8 Å². The van der Waals surface area contributed by atoms with Crippen molar-refractivity contribution in [3.05, 3.63) is 16.5 Å². The molecule has 1 aromatic rings. The maximum absolute atomic E-state index is 2.37. The first-order chi connectivity index (χ1) is 5.92. The van der Waals surface area contributed by atoms with Crippen molar-refractivity contribution in [2.45, 2.75) is 36.3 Å². The highest BCUT2D eigenvalue weighted by atomic mass is 32.2. The molecule has 2 heteroatoms. The summed E-state index contributed by atoms with van der Waals surface area (Å²) in [6.45, 7) is 0. The number of hydrogen-bond donors (Lipinski definition) is 0. The molecule has 0 N–H and O–H groups in total. The summed E-state index contributed by atoms with van der Waals surface area (Å²) in [5.74, 6) is 0. The van der Waals surface area contributed by atoms with Crippen LogP contribution in [0.25, 0.3) is 0 Å². The Kier molecular flexibility index (Phi) is 2.76. The van der Waals surface area contributed by atoms with Gasteiger partial charge in [0.25, 0.3) is 0 Å². The van der Waals surface area contributed by atoms with Gasteiger partial charge in [-0.3, -0.25) is 0 Å². The van der Waals surface area contributed by atoms with Gasteiger partial charge in [-0.25, -0.2) is 0 Å². The fourth-order valence-corrected chi connectivity index (χ4v) is 3.73. The largest absolute Gasteiger partial charge is 0.137 e. The van der Waals surface area contributed by atoms with Crippen LogP contribution >= 0.6 is 23.1 Å². The van der Waals surface area contributed by atoms with Crippen LogP contribution in [0.15, 0.2) is 9.59 Å². The summed E-state index contributed by atoms with van der Waals surface area (Å²) < 4.78 is 1.56. The second-order valence-electron chi connectivity index (χ2n) is 3.29. The lowest BCUT2D eigenvalue weighted by atomic mass is 10.1. The van der Waals surface area contributed by atoms with Crippen LogP contribution in [0.4, 0.5) is 0 Å². The molecule has 0 atom stereocenters. The van der Waals surface area contributed by atoms with Gasteiger partial charge >= 0.3 is 0 Å². The zero-order chi connectivity index (χ0) is 8.39. The molecule has 0 spiro atoms. The zero-order valence-electron chi connectivity index (χ0n) is 7.43. The Labute approximate surface area is 82.4 Å². The smallest absolute Gasteiger partial charge is 0.0630 e. The molecule has 0 aliphatic heterocycles. The van der Waals surface area contributed by atoms with Crippen molar-refractivity contribution in [1.82, 2.24) is 0 Å². The van der Waals surface area contributed by atoms with E-state index in [4.69, 9.17) is 0 Å². The third-order valence-electron chi connectivity index (χ3n) is 2.50. The van der Waals surface area contributed by atoms with Crippen LogP contribution < -0.4 is 0 Å². The monoisotopic (exact) mass is 198 g/mol. The first kappa shape index (κ1) is 8.64. The number of rotatable bonds is 1. The average Bonchev–Trinajstić information content (AvgIpc) is 2.33. The summed E-state index contributed by atoms with van der Waals surface area (Å²) in [7, 11) is 0. The van der Waals surface area contributed by atoms with E-state index in [-0.39, 0.29) is 0 Å². The van der Waals surface area contributed by atoms with Crippen molar-refractivity contribution in [1.29, 1.82) is 0 Å². The highest BCUT2D eigenvalue weighted by molar-refractivity contribution is 8.00. The van der Waals surface area contributed by atoms with Gasteiger partial charge in [0.05, 0.1) is 4.21 Å². The highest BCUT2D eigenvalue weighted by Gasteiger charge is 2.12. The quantitative estimate of drug-likeness (QED) is 0.489. The molecule has 12 heavy (non-hydrogen) atoms. The minimum absolute atomic E-state index is 1.33. The van der Waals surface area contributed by atoms with Crippen molar-refractivity contribution in [3.63, 3.8) is 0 Å². The third-order valence-corrected chi connectivity index (χ3v) is 4.77. The van der Waals surface area contributed by atoms with Crippen molar-refractivity contribution in [3.8, 4) is 0 Å². The van der Waals surface area contributed by atoms with Crippen LogP contribution in [0.2, 0.25) is 0 Å². The molecule has 2 rings (SSSR count). The van der Waals surface area contributed by atoms with E-state index >= 15 is 0 Å². The highest BCUT2D eigenvalue weighted by Crippen LogP contribution is 2.34. The molecule has 1 aliphatic carbocycles. The van der Waals surface area contributed by atoms with E-state index in [0.717, 1.165) is 0 Å². The molecule has 66 valence electrons. The lowest BCUT2D eigenvalue weighted by Crippen LogP contribution is -1.85. The van der Waals surface area contributed by atoms with Gasteiger partial charge in [0.2, 0.25) is 0 Å². The van der Waals surface area contributed by atoms with E-state index in [9.17, 15) is 0 Å². The molecule has 0 nitrogen and oxygen atoms in total. The number of aryl methyl sites for hydroxylation is 1. The first-order valence-corrected chi connectivity index (χ1v) is 6.65. The Hall–Kier alpha value is 0.0500. The molecule has 1 heterocycles. The Morgan fingerprint density at radius 2 is 2.08 bits per heavy atom. The molecule has 1 aliphatic rings. The third kappa shape index (κ3) is 1.55. The van der Waals surface area contributed by atoms with Gasteiger partial charge < -0.3 is 0 Å². The van der Waals surface area contributed by atoms with Crippen molar-refractivity contribution in [2.24, 2.45) is 0 Å². The molecular formula is C10H14S2. The predicted molar refractivity (Wildman–Crippen MR) is 57.4 cm³/mol. The molecule has 1 aromatic heterocycles. The van der Waals surface area contributed by atoms with E-state index in [2.05, 4.69) is 11.6 Å². The summed E-state index contributed by atoms with van der Waals surface area (Å²) >= 11 is 3.86. The predicted octanol–water partition coefficient (Wildman–Crippen LogP) is 3.74. The van der Waals surface area contributed by atoms with E-state index in [0.29, 0.717) is 0 Å². The lowest BCUT2D eigenvalue weighted by molar-refractivity contribution is 0.710. The fourth-order valence-electron chi connectivity index (χ4n) is 1.84. The summed E-state index contributed by atoms with van der Waals surface area (Å²) in [4.78, 5) is 0. The van der Waals surface area contributed by atoms with Crippen molar-refractivity contribution in [2.75, 3.05) is 6.26 Å². The van der Waals surface area contributed by atoms with Gasteiger partial charge in [0.1, 0.15) is 0 Å². The van der Waals surface area contributed by atoms with Gasteiger partial charge in [-0.15, -0.1) is 23.1 Å². The molecule has 0 amide bonds. The fraction of sp³-hybridized carbons (Fsp3) is 0.600. The minimum Gasteiger partial charge on any atom is -0.137 e. The van der Waals surface area contributed by atoms with E-state index in [1.807, 2.05) is 23.1 Å². The maximum Gasteiger partial charge on any atom is 0.0630 e. The summed E-state index contributed by atoms with van der Waals surface area (Å²) in [5, 5.41) is 2.37. The van der Waals surface area contributed by atoms with Gasteiger partial charge in [-0.05, 0) is 48.4 Å². The van der Waals surface area contributed by atoms with E-state index in [1.165, 1.54) is 32.1 Å². The molecule has 0 unspecified atom stereocenters. The molecule has 0 radical (unpaired) electrons. The Morgan fingerprint density at radius 3 is 2.92 bits per heavy atom. The number of fused-ring (bicyclic) bond motifs is 1. The molecule has 0 aromatic carbocycles. The van der Waals surface area contributed by atoms with Crippen LogP contribution in [0, 0.1) is 0 Å². The summed E-state index contributed by atoms with van der Waals surface area (Å²) in [6, 6.07) is 0. The molecule has 0 saturated carbocycles. The topological polar surface area (TPSA) is 0 Å². The first-order valence-electron chi connectivity index (χ1n) is 4.55. The Morgan fingerprint density at radius 1 is 1.25 bits per heavy atom. The van der Waals surface area contributed by atoms with E-state index in [1.54, 1.807) is 15.3 Å². The van der Waals surface area contributed by atoms with Gasteiger partial charge in [0, 0.05) is 0 Å². The van der Waals surface area contributed by atoms with Crippen LogP contribution in [0.1, 0.15) is 30.4 Å². The van der Waals surface area contributed by atoms with Crippen LogP contribution in [0.5, 0.6) is 0 Å². The van der Waals surface area contributed by atoms with Gasteiger partial charge in [-0.1, -0.05) is 6.42 Å². The average molecular weight is 198 g/mol. The number of hydrogen-bond acceptors (Lipinski definition) is 2. The molecule has 0 bridgehead atoms. The van der Waals surface area contributed by atoms with Crippen molar-refractivity contribution >= 4 is 23.1 Å². The van der Waals surface area contributed by atoms with Gasteiger partial charge in [-0.2, -0.15) is 0 Å². The molecular weight excluding hydrogens is 184 g/mol. The zero-order valence-corrected chi connectivity index (χ0v) is 9.06. The molecule has 0 fully saturated rings. The number of thioether (sulfide) groups is 1. The summed E-state index contributed by atoms with van der Waals surface area (Å²) in [5.41, 5.74) is 3.31. The summed E-state index contributed by atoms with van der Waals surface area (Å²) in [6.07, 6.45) is 9.07. The van der Waals surface area contributed by atoms with Crippen molar-refractivity contribution < 1.29 is 0 Å². The second kappa shape index (κ2) is 3.84. The second-order valence-corrected chi connectivity index (χ2v) is 5.25. The Bertz CT molecular complexity index is 263. The lowest BCUT2D eigenvalue weighted by Gasteiger charge is -1.99. The van der Waals surface area contributed by atoms with Gasteiger partial charge in [0.15, 0.2) is 0 Å². The van der Waals surface area contributed by atoms with Crippen LogP contribution in [0.3, 0.4) is 0 Å². The molecule has 0 saturated heterocycles. The minimum atomic E-state index is 1.33. The van der Waals surface area contributed by atoms with E-state index < -0.39 is 0 Å². The normalized spacial score (nSPS) is 17.1. The standard InChI is InChI=1S/C10H14S2/c1-11-10-9-6-4-2-3-5-8(9)7-12-10/h7H,2-6H2,1H3. The SMILES string of the molecule is CSc1scc2c1CCCCC2. The van der Waals surface area contributed by atoms with Crippen LogP contribution in [-0.4, -0.2) is 6.26 Å². The number of thiophene rings is 1. The Balaban J connectivity index is 2.32.